The summed E-state index contributed by atoms with van der Waals surface area (Å²) in [5, 5.41) is 28.8. The summed E-state index contributed by atoms with van der Waals surface area (Å²) in [6.45, 7) is 8.19. The van der Waals surface area contributed by atoms with Gasteiger partial charge in [0.25, 0.3) is 0 Å². The first kappa shape index (κ1) is 46.6. The van der Waals surface area contributed by atoms with E-state index < -0.39 is 78.9 Å². The topological polar surface area (TPSA) is 104 Å². The number of aliphatic hydroxyl groups is 1. The number of phenols is 1. The Bertz CT molecular complexity index is 1390. The van der Waals surface area contributed by atoms with E-state index in [1.807, 2.05) is 6.07 Å². The molecule has 0 aliphatic heterocycles. The van der Waals surface area contributed by atoms with Crippen molar-refractivity contribution in [2.24, 2.45) is 11.3 Å². The van der Waals surface area contributed by atoms with Crippen LogP contribution in [0.25, 0.3) is 10.8 Å². The van der Waals surface area contributed by atoms with Crippen molar-refractivity contribution >= 4 is 22.7 Å². The number of rotatable bonds is 12. The molecule has 288 valence electrons. The molecule has 2 rings (SSSR count). The number of aliphatic carboxylic acids is 1. The molecule has 50 heavy (non-hydrogen) atoms. The minimum absolute atomic E-state index is 0.285. The molecule has 0 saturated carbocycles. The van der Waals surface area contributed by atoms with Crippen molar-refractivity contribution in [3.8, 4) is 5.75 Å². The van der Waals surface area contributed by atoms with Crippen molar-refractivity contribution in [1.29, 1.82) is 0 Å². The van der Waals surface area contributed by atoms with E-state index >= 15 is 0 Å². The van der Waals surface area contributed by atoms with E-state index in [0.717, 1.165) is 11.8 Å². The second-order valence-electron chi connectivity index (χ2n) is 11.6. The van der Waals surface area contributed by atoms with Gasteiger partial charge in [0, 0.05) is 6.42 Å². The van der Waals surface area contributed by atoms with E-state index in [4.69, 9.17) is 10.2 Å². The molecule has 4 atom stereocenters. The molecule has 0 saturated heterocycles. The third-order valence-corrected chi connectivity index (χ3v) is 8.07. The largest absolute Gasteiger partial charge is 0.508 e. The lowest BCUT2D eigenvalue weighted by Gasteiger charge is -2.35. The van der Waals surface area contributed by atoms with Crippen LogP contribution in [0.15, 0.2) is 36.4 Å². The molecular weight excluding hydrogens is 708 g/mol. The number of hydrogen-bond acceptors (Lipinski definition) is 5. The van der Waals surface area contributed by atoms with Crippen molar-refractivity contribution < 1.29 is 82.3 Å². The third kappa shape index (κ3) is 11.0. The summed E-state index contributed by atoms with van der Waals surface area (Å²) in [6.07, 6.45) is -15.7. The molecule has 0 radical (unpaired) electrons. The van der Waals surface area contributed by atoms with Crippen LogP contribution in [0.3, 0.4) is 0 Å². The van der Waals surface area contributed by atoms with Gasteiger partial charge in [-0.25, -0.2) is 0 Å². The predicted octanol–water partition coefficient (Wildman–Crippen LogP) is 9.90. The average Bonchev–Trinajstić information content (AvgIpc) is 3.02. The fraction of sp³-hybridized carbons (Fsp3) is 0.625. The van der Waals surface area contributed by atoms with Crippen LogP contribution in [0.4, 0.5) is 52.7 Å². The monoisotopic (exact) mass is 748 g/mol. The molecule has 0 fully saturated rings. The van der Waals surface area contributed by atoms with E-state index in [0.29, 0.717) is 18.6 Å². The summed E-state index contributed by atoms with van der Waals surface area (Å²) >= 11 is 0. The molecule has 2 aromatic carbocycles. The summed E-state index contributed by atoms with van der Waals surface area (Å²) in [4.78, 5) is 21.4. The Morgan fingerprint density at radius 2 is 1.26 bits per heavy atom. The predicted molar refractivity (Wildman–Crippen MR) is 158 cm³/mol. The molecule has 0 aliphatic carbocycles. The molecule has 0 amide bonds. The highest BCUT2D eigenvalue weighted by molar-refractivity contribution is 5.84. The summed E-state index contributed by atoms with van der Waals surface area (Å²) in [5.41, 5.74) is -1.23. The molecule has 0 aromatic heterocycles. The second-order valence-corrected chi connectivity index (χ2v) is 11.6. The number of carbonyl (C=O) groups excluding carboxylic acids is 1. The van der Waals surface area contributed by atoms with E-state index in [1.54, 1.807) is 19.1 Å². The van der Waals surface area contributed by atoms with Crippen molar-refractivity contribution in [1.82, 2.24) is 0 Å². The van der Waals surface area contributed by atoms with E-state index in [9.17, 15) is 67.4 Å². The quantitative estimate of drug-likeness (QED) is 0.148. The summed E-state index contributed by atoms with van der Waals surface area (Å²) < 4.78 is 154. The Morgan fingerprint density at radius 3 is 1.66 bits per heavy atom. The number of benzene rings is 2. The Balaban J connectivity index is 0.000000783. The van der Waals surface area contributed by atoms with Gasteiger partial charge in [-0.05, 0) is 60.6 Å². The first-order valence-electron chi connectivity index (χ1n) is 15.1. The fourth-order valence-electron chi connectivity index (χ4n) is 3.62. The number of carboxylic acid groups (broad SMARTS) is 1. The molecule has 18 heteroatoms. The van der Waals surface area contributed by atoms with E-state index in [1.165, 1.54) is 24.8 Å². The van der Waals surface area contributed by atoms with Gasteiger partial charge in [0.2, 0.25) is 0 Å². The number of carbonyl (C=O) groups is 2. The van der Waals surface area contributed by atoms with Crippen LogP contribution >= 0.6 is 0 Å². The van der Waals surface area contributed by atoms with Crippen LogP contribution < -0.4 is 0 Å². The molecule has 3 N–H and O–H groups in total. The van der Waals surface area contributed by atoms with Gasteiger partial charge in [-0.15, -0.1) is 0 Å². The SMILES string of the molecule is CCC(C)(C(=O)O)C(F)(F)F.CCC(C)C(=O)OCCC(O)C(F)(F)C(F)(F)C(F)(F)C(F)(F)F.CCC(C)c1ccc2cc(O)ccc2c1. The smallest absolute Gasteiger partial charge is 0.460 e. The molecule has 4 unspecified atom stereocenters. The first-order chi connectivity index (χ1) is 22.5. The lowest BCUT2D eigenvalue weighted by Crippen LogP contribution is -2.64. The van der Waals surface area contributed by atoms with Crippen LogP contribution in [-0.4, -0.2) is 70.1 Å². The normalized spacial score (nSPS) is 15.7. The fourth-order valence-corrected chi connectivity index (χ4v) is 3.62. The number of ether oxygens (including phenoxy) is 1. The van der Waals surface area contributed by atoms with Crippen molar-refractivity contribution in [2.45, 2.75) is 109 Å². The average molecular weight is 749 g/mol. The Morgan fingerprint density at radius 1 is 0.760 bits per heavy atom. The van der Waals surface area contributed by atoms with Gasteiger partial charge in [-0.3, -0.25) is 9.59 Å². The molecule has 0 spiro atoms. The first-order valence-corrected chi connectivity index (χ1v) is 15.1. The van der Waals surface area contributed by atoms with E-state index in [2.05, 4.69) is 36.8 Å². The maximum atomic E-state index is 13.2. The number of aliphatic hydroxyl groups excluding tert-OH is 1. The number of carboxylic acids is 1. The number of fused-ring (bicyclic) bond motifs is 1. The van der Waals surface area contributed by atoms with Crippen LogP contribution in [0.5, 0.6) is 5.75 Å². The molecule has 2 aromatic rings. The number of halogens is 12. The third-order valence-electron chi connectivity index (χ3n) is 8.07. The minimum atomic E-state index is -7.07. The Labute approximate surface area is 280 Å². The molecule has 0 bridgehead atoms. The van der Waals surface area contributed by atoms with Crippen LogP contribution in [0.1, 0.15) is 78.7 Å². The zero-order valence-electron chi connectivity index (χ0n) is 27.8. The van der Waals surface area contributed by atoms with Gasteiger partial charge >= 0.3 is 42.1 Å². The van der Waals surface area contributed by atoms with Crippen molar-refractivity contribution in [3.05, 3.63) is 42.0 Å². The van der Waals surface area contributed by atoms with Gasteiger partial charge < -0.3 is 20.1 Å². The zero-order chi connectivity index (χ0) is 39.7. The highest BCUT2D eigenvalue weighted by Crippen LogP contribution is 2.54. The summed E-state index contributed by atoms with van der Waals surface area (Å²) in [5.74, 6) is -22.6. The summed E-state index contributed by atoms with van der Waals surface area (Å²) in [7, 11) is 0. The van der Waals surface area contributed by atoms with Gasteiger partial charge in [-0.2, -0.15) is 52.7 Å². The standard InChI is InChI=1S/C14H16O.C12H15F9O3.C6H9F3O2/c1-3-10(2)11-4-5-13-9-14(15)7-6-12(13)8-11;1-3-6(2)8(23)24-5-4-7(22)9(13,14)10(15,16)11(17,18)12(19,20)21;1-3-5(2,4(10)11)6(7,8)9/h4-10,15H,3H2,1-2H3;6-7,22H,3-5H2,1-2H3;3H2,1-2H3,(H,10,11). The lowest BCUT2D eigenvalue weighted by molar-refractivity contribution is -0.406. The number of alkyl halides is 12. The van der Waals surface area contributed by atoms with Crippen LogP contribution in [0.2, 0.25) is 0 Å². The van der Waals surface area contributed by atoms with Gasteiger partial charge in [0.15, 0.2) is 5.41 Å². The number of esters is 1. The highest BCUT2D eigenvalue weighted by atomic mass is 19.4. The van der Waals surface area contributed by atoms with Crippen LogP contribution in [0, 0.1) is 11.3 Å². The van der Waals surface area contributed by atoms with Gasteiger partial charge in [-0.1, -0.05) is 58.9 Å². The lowest BCUT2D eigenvalue weighted by atomic mass is 9.87. The maximum Gasteiger partial charge on any atom is 0.460 e. The van der Waals surface area contributed by atoms with Crippen LogP contribution in [-0.2, 0) is 14.3 Å². The van der Waals surface area contributed by atoms with Gasteiger partial charge in [0.05, 0.1) is 12.5 Å². The summed E-state index contributed by atoms with van der Waals surface area (Å²) in [6, 6.07) is 11.9. The van der Waals surface area contributed by atoms with Crippen molar-refractivity contribution in [2.75, 3.05) is 6.61 Å². The minimum Gasteiger partial charge on any atom is -0.508 e. The number of aromatic hydroxyl groups is 1. The number of hydrogen-bond donors (Lipinski definition) is 3. The molecule has 0 heterocycles. The molecule has 6 nitrogen and oxygen atoms in total. The van der Waals surface area contributed by atoms with Gasteiger partial charge in [0.1, 0.15) is 11.9 Å². The maximum absolute atomic E-state index is 13.2. The Kier molecular flexibility index (Phi) is 16.5. The Hall–Kier alpha value is -3.44. The highest BCUT2D eigenvalue weighted by Gasteiger charge is 2.83. The second kappa shape index (κ2) is 17.7. The number of phenolic OH excluding ortho intramolecular Hbond substituents is 1. The van der Waals surface area contributed by atoms with E-state index in [-0.39, 0.29) is 6.42 Å². The molecular formula is C32H40F12O6. The van der Waals surface area contributed by atoms with Crippen molar-refractivity contribution in [3.63, 3.8) is 0 Å². The molecule has 0 aliphatic rings. The zero-order valence-corrected chi connectivity index (χ0v) is 27.8.